The maximum Gasteiger partial charge on any atom is 0.257 e. The first-order chi connectivity index (χ1) is 11.7. The lowest BCUT2D eigenvalue weighted by Gasteiger charge is -2.19. The van der Waals surface area contributed by atoms with Crippen molar-refractivity contribution >= 4 is 28.5 Å². The maximum atomic E-state index is 12.1. The first-order valence-electron chi connectivity index (χ1n) is 7.86. The predicted molar refractivity (Wildman–Crippen MR) is 98.3 cm³/mol. The third-order valence-corrected chi connectivity index (χ3v) is 4.03. The number of anilines is 3. The first kappa shape index (κ1) is 16.1. The van der Waals surface area contributed by atoms with Crippen LogP contribution in [0.1, 0.15) is 5.56 Å². The van der Waals surface area contributed by atoms with E-state index in [1.54, 1.807) is 13.3 Å². The lowest BCUT2D eigenvalue weighted by atomic mass is 10.1. The van der Waals surface area contributed by atoms with Gasteiger partial charge in [0.05, 0.1) is 12.2 Å². The Morgan fingerprint density at radius 2 is 1.92 bits per heavy atom. The fraction of sp³-hybridized carbons (Fsp3) is 0.211. The molecular weight excluding hydrogens is 302 g/mol. The zero-order valence-corrected chi connectivity index (χ0v) is 13.9. The zero-order valence-electron chi connectivity index (χ0n) is 13.9. The highest BCUT2D eigenvalue weighted by atomic mass is 16.5. The Kier molecular flexibility index (Phi) is 4.82. The van der Waals surface area contributed by atoms with Crippen LogP contribution in [0.5, 0.6) is 0 Å². The second kappa shape index (κ2) is 7.19. The molecule has 5 nitrogen and oxygen atoms in total. The van der Waals surface area contributed by atoms with E-state index < -0.39 is 0 Å². The standard InChI is InChI=1S/C19H21N3O2/c1-22(11-12-24-2)15-9-7-14(8-10-15)20-13-17-16-5-3-4-6-18(16)21-19(17)23/h3-10,13,20H,11-12H2,1-2H3,(H,21,23). The first-order valence-corrected chi connectivity index (χ1v) is 7.86. The number of methoxy groups -OCH3 is 1. The summed E-state index contributed by atoms with van der Waals surface area (Å²) in [6.45, 7) is 1.53. The third-order valence-electron chi connectivity index (χ3n) is 4.03. The van der Waals surface area contributed by atoms with Crippen LogP contribution in [-0.4, -0.2) is 33.2 Å². The van der Waals surface area contributed by atoms with Crippen LogP contribution in [0.3, 0.4) is 0 Å². The van der Waals surface area contributed by atoms with Crippen LogP contribution >= 0.6 is 0 Å². The summed E-state index contributed by atoms with van der Waals surface area (Å²) in [4.78, 5) is 14.2. The van der Waals surface area contributed by atoms with E-state index in [4.69, 9.17) is 4.74 Å². The van der Waals surface area contributed by atoms with Gasteiger partial charge in [0.15, 0.2) is 0 Å². The molecule has 1 aliphatic rings. The number of carbonyl (C=O) groups excluding carboxylic acids is 1. The molecule has 3 rings (SSSR count). The van der Waals surface area contributed by atoms with E-state index >= 15 is 0 Å². The topological polar surface area (TPSA) is 53.6 Å². The van der Waals surface area contributed by atoms with Gasteiger partial charge in [0.25, 0.3) is 5.91 Å². The van der Waals surface area contributed by atoms with Crippen LogP contribution in [-0.2, 0) is 9.53 Å². The van der Waals surface area contributed by atoms with Gasteiger partial charge in [-0.3, -0.25) is 4.79 Å². The molecule has 2 aromatic carbocycles. The molecule has 0 saturated carbocycles. The number of likely N-dealkylation sites (N-methyl/N-ethyl adjacent to an activating group) is 1. The molecular formula is C19H21N3O2. The molecule has 0 atom stereocenters. The summed E-state index contributed by atoms with van der Waals surface area (Å²) in [5.74, 6) is -0.0837. The maximum absolute atomic E-state index is 12.1. The van der Waals surface area contributed by atoms with Gasteiger partial charge in [-0.15, -0.1) is 0 Å². The van der Waals surface area contributed by atoms with Crippen molar-refractivity contribution in [3.05, 3.63) is 60.3 Å². The minimum Gasteiger partial charge on any atom is -0.383 e. The highest BCUT2D eigenvalue weighted by molar-refractivity contribution is 6.31. The number of carbonyl (C=O) groups is 1. The molecule has 0 fully saturated rings. The fourth-order valence-corrected chi connectivity index (χ4v) is 2.61. The van der Waals surface area contributed by atoms with Crippen molar-refractivity contribution in [2.75, 3.05) is 42.8 Å². The molecule has 0 aliphatic carbocycles. The van der Waals surface area contributed by atoms with Crippen LogP contribution in [0.4, 0.5) is 17.1 Å². The number of benzene rings is 2. The summed E-state index contributed by atoms with van der Waals surface area (Å²) in [7, 11) is 3.73. The normalized spacial score (nSPS) is 14.4. The van der Waals surface area contributed by atoms with Crippen LogP contribution < -0.4 is 15.5 Å². The van der Waals surface area contributed by atoms with Crippen LogP contribution in [0.2, 0.25) is 0 Å². The molecule has 0 bridgehead atoms. The molecule has 24 heavy (non-hydrogen) atoms. The number of ether oxygens (including phenoxy) is 1. The summed E-state index contributed by atoms with van der Waals surface area (Å²) < 4.78 is 5.09. The van der Waals surface area contributed by atoms with Gasteiger partial charge in [-0.25, -0.2) is 0 Å². The monoisotopic (exact) mass is 323 g/mol. The van der Waals surface area contributed by atoms with Gasteiger partial charge in [0.2, 0.25) is 0 Å². The Morgan fingerprint density at radius 1 is 1.17 bits per heavy atom. The van der Waals surface area contributed by atoms with E-state index in [9.17, 15) is 4.79 Å². The number of para-hydroxylation sites is 1. The molecule has 1 amide bonds. The van der Waals surface area contributed by atoms with Gasteiger partial charge in [0, 0.05) is 49.5 Å². The lowest BCUT2D eigenvalue weighted by molar-refractivity contribution is -0.110. The molecule has 1 aliphatic heterocycles. The van der Waals surface area contributed by atoms with Crippen molar-refractivity contribution in [1.82, 2.24) is 0 Å². The van der Waals surface area contributed by atoms with E-state index in [0.29, 0.717) is 12.2 Å². The van der Waals surface area contributed by atoms with Crippen LogP contribution in [0.15, 0.2) is 54.7 Å². The number of fused-ring (bicyclic) bond motifs is 1. The van der Waals surface area contributed by atoms with Gasteiger partial charge in [0.1, 0.15) is 0 Å². The molecule has 0 saturated heterocycles. The molecule has 5 heteroatoms. The Hall–Kier alpha value is -2.79. The fourth-order valence-electron chi connectivity index (χ4n) is 2.61. The molecule has 2 N–H and O–H groups in total. The van der Waals surface area contributed by atoms with Crippen molar-refractivity contribution in [2.45, 2.75) is 0 Å². The van der Waals surface area contributed by atoms with Crippen molar-refractivity contribution in [3.63, 3.8) is 0 Å². The Balaban J connectivity index is 1.70. The minimum atomic E-state index is -0.0837. The molecule has 0 spiro atoms. The summed E-state index contributed by atoms with van der Waals surface area (Å²) >= 11 is 0. The third kappa shape index (κ3) is 3.41. The van der Waals surface area contributed by atoms with Crippen LogP contribution in [0, 0.1) is 0 Å². The Bertz CT molecular complexity index is 753. The zero-order chi connectivity index (χ0) is 16.9. The van der Waals surface area contributed by atoms with E-state index in [-0.39, 0.29) is 5.91 Å². The quantitative estimate of drug-likeness (QED) is 0.802. The Morgan fingerprint density at radius 3 is 2.67 bits per heavy atom. The van der Waals surface area contributed by atoms with Gasteiger partial charge in [-0.2, -0.15) is 0 Å². The number of hydrogen-bond acceptors (Lipinski definition) is 4. The summed E-state index contributed by atoms with van der Waals surface area (Å²) in [5.41, 5.74) is 4.47. The molecule has 1 heterocycles. The van der Waals surface area contributed by atoms with Crippen molar-refractivity contribution in [1.29, 1.82) is 0 Å². The summed E-state index contributed by atoms with van der Waals surface area (Å²) in [5, 5.41) is 6.06. The average molecular weight is 323 g/mol. The van der Waals surface area contributed by atoms with Gasteiger partial charge in [-0.05, 0) is 30.3 Å². The number of hydrogen-bond donors (Lipinski definition) is 2. The van der Waals surface area contributed by atoms with Gasteiger partial charge >= 0.3 is 0 Å². The number of amides is 1. The van der Waals surface area contributed by atoms with Crippen LogP contribution in [0.25, 0.3) is 5.57 Å². The molecule has 0 radical (unpaired) electrons. The summed E-state index contributed by atoms with van der Waals surface area (Å²) in [6, 6.07) is 15.8. The second-order valence-corrected chi connectivity index (χ2v) is 5.66. The van der Waals surface area contributed by atoms with E-state index in [2.05, 4.69) is 15.5 Å². The highest BCUT2D eigenvalue weighted by Crippen LogP contribution is 2.31. The average Bonchev–Trinajstić information content (AvgIpc) is 2.93. The molecule has 2 aromatic rings. The Labute approximate surface area is 141 Å². The number of nitrogens with zero attached hydrogens (tertiary/aromatic N) is 1. The van der Waals surface area contributed by atoms with Crippen molar-refractivity contribution in [3.8, 4) is 0 Å². The summed E-state index contributed by atoms with van der Waals surface area (Å²) in [6.07, 6.45) is 1.75. The molecule has 0 aromatic heterocycles. The molecule has 0 unspecified atom stereocenters. The SMILES string of the molecule is COCCN(C)c1ccc(NC=C2C(=O)Nc3ccccc32)cc1. The van der Waals surface area contributed by atoms with Crippen molar-refractivity contribution < 1.29 is 9.53 Å². The molecule has 124 valence electrons. The predicted octanol–water partition coefficient (Wildman–Crippen LogP) is 3.17. The van der Waals surface area contributed by atoms with Gasteiger partial charge in [-0.1, -0.05) is 18.2 Å². The highest BCUT2D eigenvalue weighted by Gasteiger charge is 2.23. The van der Waals surface area contributed by atoms with E-state index in [0.717, 1.165) is 29.2 Å². The van der Waals surface area contributed by atoms with E-state index in [1.165, 1.54) is 0 Å². The number of nitrogens with one attached hydrogen (secondary N) is 2. The largest absolute Gasteiger partial charge is 0.383 e. The van der Waals surface area contributed by atoms with E-state index in [1.807, 2.05) is 55.6 Å². The van der Waals surface area contributed by atoms with Crippen molar-refractivity contribution in [2.24, 2.45) is 0 Å². The minimum absolute atomic E-state index is 0.0837. The van der Waals surface area contributed by atoms with Gasteiger partial charge < -0.3 is 20.3 Å². The number of rotatable bonds is 6. The lowest BCUT2D eigenvalue weighted by Crippen LogP contribution is -2.21. The smallest absolute Gasteiger partial charge is 0.257 e. The second-order valence-electron chi connectivity index (χ2n) is 5.66.